The maximum Gasteiger partial charge on any atom is 0.175 e. The van der Waals surface area contributed by atoms with Gasteiger partial charge in [0.1, 0.15) is 12.0 Å². The predicted octanol–water partition coefficient (Wildman–Crippen LogP) is 2.47. The van der Waals surface area contributed by atoms with Crippen LogP contribution in [0.15, 0.2) is 48.5 Å². The zero-order chi connectivity index (χ0) is 12.3. The maximum absolute atomic E-state index is 10.9. The molecule has 2 nitrogen and oxygen atoms in total. The zero-order valence-corrected chi connectivity index (χ0v) is 9.09. The van der Waals surface area contributed by atoms with Gasteiger partial charge in [0.2, 0.25) is 0 Å². The van der Waals surface area contributed by atoms with Crippen LogP contribution in [0.5, 0.6) is 0 Å². The van der Waals surface area contributed by atoms with Crippen molar-refractivity contribution in [2.24, 2.45) is 0 Å². The molecule has 0 saturated carbocycles. The molecule has 80 valence electrons. The quantitative estimate of drug-likeness (QED) is 0.588. The average Bonchev–Trinajstić information content (AvgIpc) is 2.39. The van der Waals surface area contributed by atoms with Crippen molar-refractivity contribution in [1.82, 2.24) is 0 Å². The van der Waals surface area contributed by atoms with E-state index in [2.05, 4.69) is 0 Å². The van der Waals surface area contributed by atoms with Crippen LogP contribution in [-0.2, 0) is 0 Å². The third kappa shape index (κ3) is 2.51. The summed E-state index contributed by atoms with van der Waals surface area (Å²) in [6.07, 6.45) is 0.806. The van der Waals surface area contributed by atoms with Crippen LogP contribution in [0, 0.1) is 0 Å². The van der Waals surface area contributed by atoms with Crippen molar-refractivity contribution < 1.29 is 9.59 Å². The Morgan fingerprint density at radius 1 is 0.882 bits per heavy atom. The first kappa shape index (κ1) is 11.3. The molecule has 2 rings (SSSR count). The highest BCUT2D eigenvalue weighted by Crippen LogP contribution is 2.20. The van der Waals surface area contributed by atoms with Gasteiger partial charge in [0.15, 0.2) is 7.85 Å². The van der Waals surface area contributed by atoms with E-state index in [-0.39, 0.29) is 0 Å². The normalized spacial score (nSPS) is 9.88. The summed E-state index contributed by atoms with van der Waals surface area (Å²) in [7, 11) is 5.16. The zero-order valence-electron chi connectivity index (χ0n) is 9.09. The van der Waals surface area contributed by atoms with Gasteiger partial charge in [0.05, 0.1) is 0 Å². The van der Waals surface area contributed by atoms with Crippen molar-refractivity contribution in [2.45, 2.75) is 0 Å². The Hall–Kier alpha value is -2.16. The van der Waals surface area contributed by atoms with E-state index in [1.165, 1.54) is 0 Å². The van der Waals surface area contributed by atoms with Gasteiger partial charge in [0, 0.05) is 11.1 Å². The molecule has 0 saturated heterocycles. The molecular formula is C14H9BO2. The molecule has 0 unspecified atom stereocenters. The minimum atomic E-state index is -0.437. The first-order valence-electron chi connectivity index (χ1n) is 5.16. The molecule has 2 radical (unpaired) electrons. The Morgan fingerprint density at radius 3 is 1.76 bits per heavy atom. The number of hydrogen-bond acceptors (Lipinski definition) is 2. The van der Waals surface area contributed by atoms with E-state index in [0.29, 0.717) is 11.1 Å². The second-order valence-corrected chi connectivity index (χ2v) is 3.68. The number of benzene rings is 2. The van der Waals surface area contributed by atoms with Gasteiger partial charge in [-0.05, 0) is 11.1 Å². The largest absolute Gasteiger partial charge is 0.307 e. The van der Waals surface area contributed by atoms with Crippen LogP contribution in [0.3, 0.4) is 0 Å². The van der Waals surface area contributed by atoms with E-state index in [1.54, 1.807) is 24.3 Å². The fourth-order valence-electron chi connectivity index (χ4n) is 1.58. The Kier molecular flexibility index (Phi) is 3.19. The third-order valence-electron chi connectivity index (χ3n) is 2.55. The molecule has 0 atom stereocenters. The lowest BCUT2D eigenvalue weighted by atomic mass is 9.93. The van der Waals surface area contributed by atoms with Gasteiger partial charge >= 0.3 is 0 Å². The van der Waals surface area contributed by atoms with Gasteiger partial charge in [-0.1, -0.05) is 48.5 Å². The fourth-order valence-corrected chi connectivity index (χ4v) is 1.58. The standard InChI is InChI=1S/C14H9BO2/c15-14(17)13-7-5-12(6-8-13)11-3-1-10(9-16)2-4-11/h1-9H. The van der Waals surface area contributed by atoms with Crippen LogP contribution in [-0.4, -0.2) is 19.8 Å². The predicted molar refractivity (Wildman–Crippen MR) is 67.4 cm³/mol. The van der Waals surface area contributed by atoms with Gasteiger partial charge in [-0.2, -0.15) is 0 Å². The smallest absolute Gasteiger partial charge is 0.175 e. The third-order valence-corrected chi connectivity index (χ3v) is 2.55. The highest BCUT2D eigenvalue weighted by atomic mass is 16.1. The second kappa shape index (κ2) is 4.79. The van der Waals surface area contributed by atoms with Crippen molar-refractivity contribution in [3.05, 3.63) is 59.7 Å². The molecule has 0 aliphatic heterocycles. The summed E-state index contributed by atoms with van der Waals surface area (Å²) in [4.78, 5) is 21.4. The van der Waals surface area contributed by atoms with Crippen molar-refractivity contribution in [3.8, 4) is 11.1 Å². The highest BCUT2D eigenvalue weighted by Gasteiger charge is 2.00. The molecule has 0 heterocycles. The summed E-state index contributed by atoms with van der Waals surface area (Å²) in [6, 6.07) is 14.3. The molecule has 0 aliphatic rings. The summed E-state index contributed by atoms with van der Waals surface area (Å²) < 4.78 is 0. The van der Waals surface area contributed by atoms with Crippen LogP contribution in [0.2, 0.25) is 0 Å². The highest BCUT2D eigenvalue weighted by molar-refractivity contribution is 6.62. The Balaban J connectivity index is 2.32. The van der Waals surface area contributed by atoms with Gasteiger partial charge in [-0.15, -0.1) is 0 Å². The maximum atomic E-state index is 10.9. The molecule has 0 fully saturated rings. The summed E-state index contributed by atoms with van der Waals surface area (Å²) in [5, 5.41) is 0. The monoisotopic (exact) mass is 220 g/mol. The summed E-state index contributed by atoms with van der Waals surface area (Å²) in [5.41, 5.74) is 2.66. The minimum absolute atomic E-state index is 0.437. The summed E-state index contributed by atoms with van der Waals surface area (Å²) in [5.74, 6) is 0. The molecule has 2 aromatic carbocycles. The van der Waals surface area contributed by atoms with Gasteiger partial charge < -0.3 is 4.79 Å². The minimum Gasteiger partial charge on any atom is -0.307 e. The van der Waals surface area contributed by atoms with Crippen molar-refractivity contribution >= 4 is 19.8 Å². The van der Waals surface area contributed by atoms with Crippen LogP contribution < -0.4 is 0 Å². The first-order chi connectivity index (χ1) is 8.20. The van der Waals surface area contributed by atoms with Gasteiger partial charge in [-0.25, -0.2) is 0 Å². The van der Waals surface area contributed by atoms with E-state index in [0.717, 1.165) is 17.4 Å². The Bertz CT molecular complexity index is 541. The molecule has 17 heavy (non-hydrogen) atoms. The molecule has 2 aromatic rings. The van der Waals surface area contributed by atoms with Gasteiger partial charge in [-0.3, -0.25) is 4.79 Å². The van der Waals surface area contributed by atoms with Gasteiger partial charge in [0.25, 0.3) is 0 Å². The lowest BCUT2D eigenvalue weighted by Gasteiger charge is -2.03. The molecule has 0 aliphatic carbocycles. The van der Waals surface area contributed by atoms with Crippen molar-refractivity contribution in [3.63, 3.8) is 0 Å². The van der Waals surface area contributed by atoms with Crippen LogP contribution in [0.1, 0.15) is 20.7 Å². The number of carbonyl (C=O) groups excluding carboxylic acids is 2. The van der Waals surface area contributed by atoms with Crippen molar-refractivity contribution in [2.75, 3.05) is 0 Å². The first-order valence-corrected chi connectivity index (χ1v) is 5.16. The van der Waals surface area contributed by atoms with E-state index in [1.807, 2.05) is 24.3 Å². The Morgan fingerprint density at radius 2 is 1.35 bits per heavy atom. The topological polar surface area (TPSA) is 34.1 Å². The number of aldehydes is 1. The number of hydrogen-bond donors (Lipinski definition) is 0. The SMILES string of the molecule is [B]C(=O)c1ccc(-c2ccc(C=O)cc2)cc1. The van der Waals surface area contributed by atoms with Crippen molar-refractivity contribution in [1.29, 1.82) is 0 Å². The second-order valence-electron chi connectivity index (χ2n) is 3.68. The summed E-state index contributed by atoms with van der Waals surface area (Å²) >= 11 is 0. The fraction of sp³-hybridized carbons (Fsp3) is 0. The van der Waals surface area contributed by atoms with E-state index in [9.17, 15) is 9.59 Å². The van der Waals surface area contributed by atoms with E-state index >= 15 is 0 Å². The molecule has 0 bridgehead atoms. The van der Waals surface area contributed by atoms with Crippen LogP contribution >= 0.6 is 0 Å². The molecular weight excluding hydrogens is 211 g/mol. The average molecular weight is 220 g/mol. The lowest BCUT2D eigenvalue weighted by Crippen LogP contribution is -1.96. The molecule has 0 amide bonds. The molecule has 0 N–H and O–H groups in total. The molecule has 3 heteroatoms. The van der Waals surface area contributed by atoms with E-state index < -0.39 is 5.68 Å². The number of carbonyl (C=O) groups is 2. The lowest BCUT2D eigenvalue weighted by molar-refractivity contribution is 0.107. The number of rotatable bonds is 3. The molecule has 0 spiro atoms. The molecule has 0 aromatic heterocycles. The summed E-state index contributed by atoms with van der Waals surface area (Å²) in [6.45, 7) is 0. The van der Waals surface area contributed by atoms with Crippen LogP contribution in [0.25, 0.3) is 11.1 Å². The van der Waals surface area contributed by atoms with Crippen LogP contribution in [0.4, 0.5) is 0 Å². The van der Waals surface area contributed by atoms with E-state index in [4.69, 9.17) is 7.85 Å². The Labute approximate surface area is 101 Å².